The van der Waals surface area contributed by atoms with Gasteiger partial charge in [-0.3, -0.25) is 14.0 Å². The number of aromatic nitrogens is 1. The molecular weight excluding hydrogens is 535 g/mol. The number of benzene rings is 2. The van der Waals surface area contributed by atoms with Crippen LogP contribution in [0.25, 0.3) is 17.2 Å². The molecule has 1 aliphatic carbocycles. The van der Waals surface area contributed by atoms with E-state index in [1.165, 1.54) is 24.4 Å². The van der Waals surface area contributed by atoms with Gasteiger partial charge in [0.2, 0.25) is 0 Å². The molecule has 1 aromatic heterocycles. The first-order chi connectivity index (χ1) is 17.6. The number of allylic oxidation sites excluding steroid dienone is 2. The number of carbonyl (C=O) groups is 1. The molecule has 0 amide bonds. The molecule has 1 heterocycles. The van der Waals surface area contributed by atoms with Crippen molar-refractivity contribution in [2.45, 2.75) is 31.8 Å². The van der Waals surface area contributed by atoms with Crippen molar-refractivity contribution in [1.29, 1.82) is 0 Å². The molecule has 0 spiro atoms. The molecule has 0 bridgehead atoms. The number of nitrogens with zero attached hydrogens (tertiary/aromatic N) is 2. The minimum Gasteiger partial charge on any atom is -0.426 e. The highest BCUT2D eigenvalue weighted by Gasteiger charge is 2.27. The van der Waals surface area contributed by atoms with Crippen molar-refractivity contribution >= 4 is 46.4 Å². The van der Waals surface area contributed by atoms with Gasteiger partial charge in [-0.05, 0) is 83.7 Å². The molecule has 1 atom stereocenters. The van der Waals surface area contributed by atoms with Crippen molar-refractivity contribution in [1.82, 2.24) is 4.98 Å². The average Bonchev–Trinajstić information content (AvgIpc) is 3.09. The fraction of sp³-hybridized carbons (Fsp3) is 0.185. The van der Waals surface area contributed by atoms with Crippen LogP contribution in [-0.2, 0) is 27.0 Å². The summed E-state index contributed by atoms with van der Waals surface area (Å²) in [6.07, 6.45) is 4.83. The van der Waals surface area contributed by atoms with Crippen LogP contribution in [0.15, 0.2) is 65.2 Å². The first-order valence-corrected chi connectivity index (χ1v) is 12.8. The van der Waals surface area contributed by atoms with Crippen LogP contribution < -0.4 is 4.74 Å². The van der Waals surface area contributed by atoms with E-state index < -0.39 is 34.3 Å². The Hall–Kier alpha value is -3.89. The highest BCUT2D eigenvalue weighted by Crippen LogP contribution is 2.44. The molecule has 0 saturated carbocycles. The lowest BCUT2D eigenvalue weighted by atomic mass is 10.0. The Morgan fingerprint density at radius 1 is 1.13 bits per heavy atom. The number of hydrogen-bond acceptors (Lipinski definition) is 7. The van der Waals surface area contributed by atoms with Crippen LogP contribution in [0.5, 0.6) is 5.75 Å². The van der Waals surface area contributed by atoms with Gasteiger partial charge in [0.05, 0.1) is 6.42 Å². The molecule has 4 rings (SSSR count). The zero-order valence-electron chi connectivity index (χ0n) is 20.7. The van der Waals surface area contributed by atoms with Crippen LogP contribution in [0.1, 0.15) is 41.3 Å². The van der Waals surface area contributed by atoms with Gasteiger partial charge in [-0.1, -0.05) is 18.2 Å². The molecule has 1 unspecified atom stereocenters. The van der Waals surface area contributed by atoms with Gasteiger partial charge in [0, 0.05) is 39.4 Å². The van der Waals surface area contributed by atoms with Gasteiger partial charge in [-0.2, -0.15) is 0 Å². The highest BCUT2D eigenvalue weighted by atomic mass is 35.5. The quantitative estimate of drug-likeness (QED) is 0.197. The maximum absolute atomic E-state index is 14.2. The van der Waals surface area contributed by atoms with E-state index in [1.54, 1.807) is 31.4 Å². The predicted molar refractivity (Wildman–Crippen MR) is 144 cm³/mol. The largest absolute Gasteiger partial charge is 0.426 e. The molecule has 11 heteroatoms. The van der Waals surface area contributed by atoms with Gasteiger partial charge in [0.1, 0.15) is 18.2 Å². The molecule has 38 heavy (non-hydrogen) atoms. The van der Waals surface area contributed by atoms with Crippen LogP contribution in [-0.4, -0.2) is 26.5 Å². The van der Waals surface area contributed by atoms with Gasteiger partial charge < -0.3 is 9.57 Å². The van der Waals surface area contributed by atoms with Crippen LogP contribution in [0.2, 0.25) is 0 Å². The normalized spacial score (nSPS) is 14.1. The first kappa shape index (κ1) is 28.7. The van der Waals surface area contributed by atoms with E-state index in [9.17, 15) is 23.5 Å². The molecule has 2 aromatic carbocycles. The summed E-state index contributed by atoms with van der Waals surface area (Å²) in [5.41, 5.74) is 5.20. The fourth-order valence-corrected chi connectivity index (χ4v) is 4.69. The number of carbonyl (C=O) groups excluding carboxylic acids is 1. The van der Waals surface area contributed by atoms with Gasteiger partial charge >= 0.3 is 5.97 Å². The third kappa shape index (κ3) is 6.32. The highest BCUT2D eigenvalue weighted by molar-refractivity contribution is 7.84. The number of esters is 1. The Balaban J connectivity index is 0.00000400. The summed E-state index contributed by atoms with van der Waals surface area (Å²) >= 11 is 0. The predicted octanol–water partition coefficient (Wildman–Crippen LogP) is 5.72. The van der Waals surface area contributed by atoms with Crippen molar-refractivity contribution in [2.75, 3.05) is 6.26 Å². The van der Waals surface area contributed by atoms with Crippen LogP contribution in [0, 0.1) is 22.9 Å². The molecule has 0 saturated heterocycles. The summed E-state index contributed by atoms with van der Waals surface area (Å²) in [4.78, 5) is 32.9. The number of aryl methyl sites for hydroxylation is 1. The molecule has 8 nitrogen and oxygen atoms in total. The van der Waals surface area contributed by atoms with Crippen LogP contribution in [0.3, 0.4) is 0 Å². The zero-order chi connectivity index (χ0) is 26.7. The molecule has 0 radical (unpaired) electrons. The fourth-order valence-electron chi connectivity index (χ4n) is 4.17. The smallest absolute Gasteiger partial charge is 0.315 e. The minimum atomic E-state index is -1.09. The summed E-state index contributed by atoms with van der Waals surface area (Å²) in [7, 11) is -1.09. The van der Waals surface area contributed by atoms with Crippen molar-refractivity contribution in [2.24, 2.45) is 0 Å². The Kier molecular flexibility index (Phi) is 9.13. The number of rotatable bonds is 8. The summed E-state index contributed by atoms with van der Waals surface area (Å²) in [5.74, 6) is -0.940. The van der Waals surface area contributed by atoms with E-state index in [-0.39, 0.29) is 30.1 Å². The topological polar surface area (TPSA) is 109 Å². The van der Waals surface area contributed by atoms with Crippen molar-refractivity contribution in [3.05, 3.63) is 104 Å². The van der Waals surface area contributed by atoms with E-state index >= 15 is 0 Å². The standard InChI is InChI=1S/C27H23FN2O6S.ClH/c1-16-22(12-18-4-7-20(8-5-18)37(3)34)21-9-6-19(28)13-24(21)23(16)14-27(31)36-26-10-11-29-17(2)25(26)15-35-30(32)33;/h4-13H,14-15H2,1-3H3;1H. The molecule has 1 aliphatic rings. The Labute approximate surface area is 227 Å². The maximum Gasteiger partial charge on any atom is 0.315 e. The molecular formula is C27H24ClFN2O6S. The van der Waals surface area contributed by atoms with E-state index in [4.69, 9.17) is 4.74 Å². The summed E-state index contributed by atoms with van der Waals surface area (Å²) in [6.45, 7) is 3.07. The molecule has 0 aliphatic heterocycles. The number of halogens is 2. The first-order valence-electron chi connectivity index (χ1n) is 11.2. The second-order valence-corrected chi connectivity index (χ2v) is 9.78. The number of pyridine rings is 1. The SMILES string of the molecule is CC1=C(CC(=O)Oc2ccnc(C)c2CO[N+](=O)[O-])c2cc(F)ccc2C1=Cc1ccc(S(C)=O)cc1.Cl. The average molecular weight is 559 g/mol. The van der Waals surface area contributed by atoms with Gasteiger partial charge in [0.25, 0.3) is 5.09 Å². The lowest BCUT2D eigenvalue weighted by molar-refractivity contribution is -0.763. The Morgan fingerprint density at radius 2 is 1.84 bits per heavy atom. The molecule has 0 fully saturated rings. The number of hydrogen-bond donors (Lipinski definition) is 0. The Bertz CT molecular complexity index is 1490. The van der Waals surface area contributed by atoms with Gasteiger partial charge in [-0.25, -0.2) is 4.39 Å². The third-order valence-electron chi connectivity index (χ3n) is 6.06. The summed E-state index contributed by atoms with van der Waals surface area (Å²) < 4.78 is 31.5. The monoisotopic (exact) mass is 558 g/mol. The van der Waals surface area contributed by atoms with Gasteiger partial charge in [0.15, 0.2) is 0 Å². The lowest BCUT2D eigenvalue weighted by Gasteiger charge is -2.12. The summed E-state index contributed by atoms with van der Waals surface area (Å²) in [6, 6.07) is 13.1. The van der Waals surface area contributed by atoms with Crippen LogP contribution in [0.4, 0.5) is 4.39 Å². The summed E-state index contributed by atoms with van der Waals surface area (Å²) in [5, 5.41) is 9.70. The zero-order valence-corrected chi connectivity index (χ0v) is 22.4. The van der Waals surface area contributed by atoms with Gasteiger partial charge in [-0.15, -0.1) is 22.5 Å². The Morgan fingerprint density at radius 3 is 2.50 bits per heavy atom. The van der Waals surface area contributed by atoms with Crippen molar-refractivity contribution in [3.8, 4) is 5.75 Å². The molecule has 0 N–H and O–H groups in total. The van der Waals surface area contributed by atoms with Crippen LogP contribution >= 0.6 is 12.4 Å². The number of ether oxygens (including phenoxy) is 1. The van der Waals surface area contributed by atoms with Crippen molar-refractivity contribution in [3.63, 3.8) is 0 Å². The van der Waals surface area contributed by atoms with E-state index in [0.717, 1.165) is 22.3 Å². The van der Waals surface area contributed by atoms with Crippen molar-refractivity contribution < 1.29 is 28.1 Å². The molecule has 3 aromatic rings. The number of fused-ring (bicyclic) bond motifs is 1. The van der Waals surface area contributed by atoms with E-state index in [1.807, 2.05) is 25.1 Å². The third-order valence-corrected chi connectivity index (χ3v) is 7.00. The minimum absolute atomic E-state index is 0. The lowest BCUT2D eigenvalue weighted by Crippen LogP contribution is -2.12. The second kappa shape index (κ2) is 12.1. The van der Waals surface area contributed by atoms with E-state index in [0.29, 0.717) is 21.7 Å². The molecule has 198 valence electrons. The second-order valence-electron chi connectivity index (χ2n) is 8.40. The maximum atomic E-state index is 14.2. The van der Waals surface area contributed by atoms with E-state index in [2.05, 4.69) is 9.82 Å².